The molecule has 0 unspecified atom stereocenters. The van der Waals surface area contributed by atoms with Crippen LogP contribution in [0.1, 0.15) is 63.7 Å². The fraction of sp³-hybridized carbons (Fsp3) is 0.364. The molecule has 0 atom stereocenters. The quantitative estimate of drug-likeness (QED) is 0.0393. The Morgan fingerprint density at radius 1 is 0.419 bits per heavy atom. The Hall–Kier alpha value is -6.28. The van der Waals surface area contributed by atoms with Crippen LogP contribution in [0.25, 0.3) is 0 Å². The van der Waals surface area contributed by atoms with Gasteiger partial charge in [0, 0.05) is 48.9 Å². The molecule has 4 aromatic carbocycles. The predicted molar refractivity (Wildman–Crippen MR) is 238 cm³/mol. The Kier molecular flexibility index (Phi) is 14.2. The minimum absolute atomic E-state index is 0.0421. The van der Waals surface area contributed by atoms with E-state index >= 15 is 0 Å². The van der Waals surface area contributed by atoms with Crippen LogP contribution in [0, 0.1) is 10.4 Å². The molecule has 8 N–H and O–H groups in total. The standard InChI is InChI=1S/C22H28N4O6.C22H28N4O4/c1-25(2,31)11-9-23-13-5-6-14(24-10-12-26(3,4)32)18-17(13)21(29)19-15(27)7-8-16(28)20(19)22(18)30;1-25(2)11-9-23-13-5-6-14(24-10-12-26(3)4)18-17(13)21(29)19-15(27)7-8-16(28)20(19)22(18)30/h5-8,23-24,27-28H,9-12H2,1-4H3;5-8,23-24,27-28H,9-12H2,1-4H3. The maximum Gasteiger partial charge on any atom is 0.200 e. The second-order valence-corrected chi connectivity index (χ2v) is 16.8. The predicted octanol–water partition coefficient (Wildman–Crippen LogP) is 3.67. The largest absolute Gasteiger partial charge is 0.633 e. The molecular weight excluding hydrogens is 801 g/mol. The van der Waals surface area contributed by atoms with Gasteiger partial charge in [-0.15, -0.1) is 0 Å². The molecule has 0 fully saturated rings. The maximum absolute atomic E-state index is 13.4. The number of aromatic hydroxyl groups is 4. The van der Waals surface area contributed by atoms with Gasteiger partial charge in [0.05, 0.1) is 98.9 Å². The summed E-state index contributed by atoms with van der Waals surface area (Å²) in [5.41, 5.74) is 1.39. The monoisotopic (exact) mass is 856 g/mol. The summed E-state index contributed by atoms with van der Waals surface area (Å²) in [5, 5.41) is 77.4. The minimum Gasteiger partial charge on any atom is -0.633 e. The lowest BCUT2D eigenvalue weighted by molar-refractivity contribution is -0.838. The number of hydrogen-bond acceptors (Lipinski definition) is 16. The molecule has 2 aliphatic rings. The third-order valence-corrected chi connectivity index (χ3v) is 10.2. The van der Waals surface area contributed by atoms with Crippen LogP contribution in [0.5, 0.6) is 23.0 Å². The first-order valence-electron chi connectivity index (χ1n) is 20.0. The Labute approximate surface area is 360 Å². The zero-order chi connectivity index (χ0) is 45.8. The first kappa shape index (κ1) is 46.8. The summed E-state index contributed by atoms with van der Waals surface area (Å²) in [4.78, 5) is 57.5. The number of carbonyl (C=O) groups is 4. The van der Waals surface area contributed by atoms with E-state index in [2.05, 4.69) is 21.3 Å². The van der Waals surface area contributed by atoms with Crippen molar-refractivity contribution in [2.24, 2.45) is 0 Å². The number of benzene rings is 4. The number of nitrogens with one attached hydrogen (secondary N) is 4. The van der Waals surface area contributed by atoms with Crippen molar-refractivity contribution in [3.63, 3.8) is 0 Å². The van der Waals surface area contributed by atoms with Crippen molar-refractivity contribution in [3.05, 3.63) is 103 Å². The lowest BCUT2D eigenvalue weighted by Gasteiger charge is -2.34. The molecule has 0 bridgehead atoms. The van der Waals surface area contributed by atoms with E-state index in [0.717, 1.165) is 25.2 Å². The highest BCUT2D eigenvalue weighted by Gasteiger charge is 2.39. The van der Waals surface area contributed by atoms with Gasteiger partial charge < -0.3 is 71.2 Å². The van der Waals surface area contributed by atoms with Crippen molar-refractivity contribution in [3.8, 4) is 23.0 Å². The zero-order valence-electron chi connectivity index (χ0n) is 36.3. The van der Waals surface area contributed by atoms with E-state index in [1.165, 1.54) is 40.3 Å². The number of rotatable bonds is 16. The van der Waals surface area contributed by atoms with E-state index in [1.807, 2.05) is 38.0 Å². The number of likely N-dealkylation sites (N-methyl/N-ethyl adjacent to an activating group) is 4. The van der Waals surface area contributed by atoms with Gasteiger partial charge >= 0.3 is 0 Å². The highest BCUT2D eigenvalue weighted by atomic mass is 16.5. The normalized spacial score (nSPS) is 13.2. The number of phenols is 4. The summed E-state index contributed by atoms with van der Waals surface area (Å²) in [6, 6.07) is 11.5. The molecule has 0 heterocycles. The molecule has 0 aromatic heterocycles. The molecule has 0 saturated carbocycles. The molecule has 18 heteroatoms. The number of anilines is 4. The SMILES string of the molecule is CN(C)CCNc1ccc(NCCN(C)C)c2c1C(=O)c1c(O)ccc(O)c1C2=O.C[N+](C)([O-])CCNc1ccc(NCC[N+](C)(C)[O-])c2c1C(=O)c1c(O)ccc(O)c1C2=O. The average molecular weight is 857 g/mol. The summed E-state index contributed by atoms with van der Waals surface area (Å²) < 4.78 is -1.08. The van der Waals surface area contributed by atoms with E-state index in [-0.39, 0.29) is 82.2 Å². The first-order valence-corrected chi connectivity index (χ1v) is 20.0. The number of ketones is 4. The highest BCUT2D eigenvalue weighted by Crippen LogP contribution is 2.44. The van der Waals surface area contributed by atoms with E-state index in [9.17, 15) is 50.0 Å². The van der Waals surface area contributed by atoms with Gasteiger partial charge in [0.25, 0.3) is 0 Å². The van der Waals surface area contributed by atoms with Gasteiger partial charge in [-0.05, 0) is 76.7 Å². The molecule has 0 amide bonds. The van der Waals surface area contributed by atoms with E-state index in [1.54, 1.807) is 24.3 Å². The zero-order valence-corrected chi connectivity index (χ0v) is 36.3. The molecule has 2 aliphatic carbocycles. The van der Waals surface area contributed by atoms with Gasteiger partial charge in [0.2, 0.25) is 23.1 Å². The molecule has 0 aliphatic heterocycles. The smallest absolute Gasteiger partial charge is 0.200 e. The number of hydrogen-bond donors (Lipinski definition) is 8. The Morgan fingerprint density at radius 2 is 0.645 bits per heavy atom. The van der Waals surface area contributed by atoms with Gasteiger partial charge in [0.15, 0.2) is 0 Å². The molecule has 0 radical (unpaired) electrons. The van der Waals surface area contributed by atoms with E-state index < -0.39 is 43.9 Å². The summed E-state index contributed by atoms with van der Waals surface area (Å²) in [6.07, 6.45) is 0. The fourth-order valence-electron chi connectivity index (χ4n) is 7.07. The molecular formula is C44H56N8O10. The van der Waals surface area contributed by atoms with Crippen molar-refractivity contribution >= 4 is 45.9 Å². The molecule has 18 nitrogen and oxygen atoms in total. The van der Waals surface area contributed by atoms with Gasteiger partial charge in [0.1, 0.15) is 23.0 Å². The number of fused-ring (bicyclic) bond motifs is 4. The van der Waals surface area contributed by atoms with E-state index in [0.29, 0.717) is 35.8 Å². The summed E-state index contributed by atoms with van der Waals surface area (Å²) in [7, 11) is 13.7. The third-order valence-electron chi connectivity index (χ3n) is 10.2. The molecule has 332 valence electrons. The minimum atomic E-state index is -0.620. The van der Waals surface area contributed by atoms with Crippen LogP contribution in [0.4, 0.5) is 22.7 Å². The molecule has 62 heavy (non-hydrogen) atoms. The molecule has 6 rings (SSSR count). The lowest BCUT2D eigenvalue weighted by Crippen LogP contribution is -2.37. The van der Waals surface area contributed by atoms with Crippen LogP contribution in [0.15, 0.2) is 48.5 Å². The van der Waals surface area contributed by atoms with Crippen LogP contribution in [0.3, 0.4) is 0 Å². The van der Waals surface area contributed by atoms with Crippen molar-refractivity contribution in [2.75, 3.05) is 130 Å². The number of quaternary nitrogens is 2. The maximum atomic E-state index is 13.4. The topological polar surface area (TPSA) is 250 Å². The summed E-state index contributed by atoms with van der Waals surface area (Å²) >= 11 is 0. The number of nitrogens with zero attached hydrogens (tertiary/aromatic N) is 4. The second-order valence-electron chi connectivity index (χ2n) is 16.8. The van der Waals surface area contributed by atoms with Gasteiger partial charge in [-0.2, -0.15) is 0 Å². The van der Waals surface area contributed by atoms with Crippen LogP contribution >= 0.6 is 0 Å². The molecule has 0 saturated heterocycles. The highest BCUT2D eigenvalue weighted by molar-refractivity contribution is 6.34. The number of hydroxylamine groups is 6. The van der Waals surface area contributed by atoms with Crippen molar-refractivity contribution in [1.29, 1.82) is 0 Å². The van der Waals surface area contributed by atoms with Gasteiger partial charge in [-0.25, -0.2) is 0 Å². The Balaban J connectivity index is 0.000000235. The van der Waals surface area contributed by atoms with Crippen molar-refractivity contribution in [1.82, 2.24) is 9.80 Å². The third kappa shape index (κ3) is 10.4. The fourth-order valence-corrected chi connectivity index (χ4v) is 7.07. The van der Waals surface area contributed by atoms with Crippen LogP contribution in [-0.2, 0) is 0 Å². The molecule has 0 spiro atoms. The lowest BCUT2D eigenvalue weighted by atomic mass is 9.81. The summed E-state index contributed by atoms with van der Waals surface area (Å²) in [5.74, 6) is -3.68. The van der Waals surface area contributed by atoms with Crippen LogP contribution in [-0.4, -0.2) is 171 Å². The van der Waals surface area contributed by atoms with Gasteiger partial charge in [-0.3, -0.25) is 19.2 Å². The number of phenolic OH excluding ortho intramolecular Hbond substituents is 4. The average Bonchev–Trinajstić information content (AvgIpc) is 3.17. The van der Waals surface area contributed by atoms with Crippen molar-refractivity contribution in [2.45, 2.75) is 0 Å². The van der Waals surface area contributed by atoms with E-state index in [4.69, 9.17) is 0 Å². The Bertz CT molecular complexity index is 2220. The first-order chi connectivity index (χ1) is 29.0. The van der Waals surface area contributed by atoms with Gasteiger partial charge in [-0.1, -0.05) is 0 Å². The van der Waals surface area contributed by atoms with Crippen molar-refractivity contribution < 1.29 is 48.9 Å². The summed E-state index contributed by atoms with van der Waals surface area (Å²) in [6.45, 7) is 3.56. The Morgan fingerprint density at radius 3 is 0.855 bits per heavy atom. The van der Waals surface area contributed by atoms with Crippen LogP contribution in [0.2, 0.25) is 0 Å². The second kappa shape index (κ2) is 18.8. The molecule has 4 aromatic rings. The van der Waals surface area contributed by atoms with Crippen LogP contribution < -0.4 is 21.3 Å². The number of carbonyl (C=O) groups excluding carboxylic acids is 4.